The van der Waals surface area contributed by atoms with Crippen LogP contribution >= 0.6 is 31.9 Å². The summed E-state index contributed by atoms with van der Waals surface area (Å²) in [7, 11) is 1.90. The zero-order valence-electron chi connectivity index (χ0n) is 9.94. The van der Waals surface area contributed by atoms with Crippen LogP contribution in [0, 0.1) is 0 Å². The lowest BCUT2D eigenvalue weighted by Crippen LogP contribution is -2.16. The number of aromatic nitrogens is 2. The van der Waals surface area contributed by atoms with E-state index in [9.17, 15) is 0 Å². The molecule has 2 rings (SSSR count). The van der Waals surface area contributed by atoms with E-state index in [4.69, 9.17) is 10.3 Å². The zero-order chi connectivity index (χ0) is 13.3. The summed E-state index contributed by atoms with van der Waals surface area (Å²) in [6.07, 6.45) is 0. The van der Waals surface area contributed by atoms with Gasteiger partial charge in [0.25, 0.3) is 11.8 Å². The first-order valence-corrected chi connectivity index (χ1v) is 6.91. The van der Waals surface area contributed by atoms with Crippen molar-refractivity contribution in [2.75, 3.05) is 24.2 Å². The lowest BCUT2D eigenvalue weighted by Gasteiger charge is -2.09. The SMILES string of the molecule is CCN(C)c1noc(-c2cc(Br)cc(Br)c2N)n1. The van der Waals surface area contributed by atoms with E-state index in [1.807, 2.05) is 31.0 Å². The summed E-state index contributed by atoms with van der Waals surface area (Å²) >= 11 is 6.80. The van der Waals surface area contributed by atoms with Crippen molar-refractivity contribution in [2.45, 2.75) is 6.92 Å². The Bertz CT molecular complexity index is 570. The normalized spacial score (nSPS) is 10.7. The van der Waals surface area contributed by atoms with E-state index >= 15 is 0 Å². The molecule has 0 aliphatic heterocycles. The largest absolute Gasteiger partial charge is 0.397 e. The Kier molecular flexibility index (Phi) is 3.91. The standard InChI is InChI=1S/C11H12Br2N4O/c1-3-17(2)11-15-10(18-16-11)7-4-6(12)5-8(13)9(7)14/h4-5H,3,14H2,1-2H3. The van der Waals surface area contributed by atoms with Gasteiger partial charge in [-0.1, -0.05) is 15.9 Å². The van der Waals surface area contributed by atoms with Gasteiger partial charge in [-0.2, -0.15) is 4.98 Å². The second-order valence-electron chi connectivity index (χ2n) is 3.76. The van der Waals surface area contributed by atoms with Crippen LogP contribution < -0.4 is 10.6 Å². The maximum absolute atomic E-state index is 5.99. The van der Waals surface area contributed by atoms with Crippen molar-refractivity contribution in [2.24, 2.45) is 0 Å². The van der Waals surface area contributed by atoms with Crippen LogP contribution in [0.1, 0.15) is 6.92 Å². The smallest absolute Gasteiger partial charge is 0.266 e. The van der Waals surface area contributed by atoms with E-state index in [-0.39, 0.29) is 0 Å². The van der Waals surface area contributed by atoms with E-state index in [0.717, 1.165) is 15.5 Å². The Hall–Kier alpha value is -1.08. The number of nitrogens with two attached hydrogens (primary N) is 1. The summed E-state index contributed by atoms with van der Waals surface area (Å²) in [5.74, 6) is 0.952. The van der Waals surface area contributed by atoms with Gasteiger partial charge < -0.3 is 15.2 Å². The molecule has 0 unspecified atom stereocenters. The summed E-state index contributed by atoms with van der Waals surface area (Å²) in [4.78, 5) is 6.21. The third-order valence-electron chi connectivity index (χ3n) is 2.56. The number of anilines is 2. The molecule has 1 heterocycles. The first-order chi connectivity index (χ1) is 8.52. The van der Waals surface area contributed by atoms with Crippen molar-refractivity contribution in [3.05, 3.63) is 21.1 Å². The Balaban J connectivity index is 2.46. The van der Waals surface area contributed by atoms with Crippen LogP contribution in [0.15, 0.2) is 25.6 Å². The molecule has 0 saturated heterocycles. The Morgan fingerprint density at radius 2 is 2.11 bits per heavy atom. The highest BCUT2D eigenvalue weighted by molar-refractivity contribution is 9.11. The highest BCUT2D eigenvalue weighted by Crippen LogP contribution is 2.34. The second kappa shape index (κ2) is 5.27. The lowest BCUT2D eigenvalue weighted by atomic mass is 10.2. The molecule has 0 aliphatic carbocycles. The third kappa shape index (κ3) is 2.51. The molecule has 0 atom stereocenters. The number of hydrogen-bond acceptors (Lipinski definition) is 5. The second-order valence-corrected chi connectivity index (χ2v) is 5.53. The summed E-state index contributed by atoms with van der Waals surface area (Å²) < 4.78 is 6.92. The van der Waals surface area contributed by atoms with Crippen LogP contribution in [0.3, 0.4) is 0 Å². The molecule has 1 aromatic heterocycles. The van der Waals surface area contributed by atoms with Crippen molar-refractivity contribution >= 4 is 43.5 Å². The minimum absolute atomic E-state index is 0.407. The molecule has 7 heteroatoms. The van der Waals surface area contributed by atoms with Crippen molar-refractivity contribution in [1.29, 1.82) is 0 Å². The Labute approximate surface area is 122 Å². The van der Waals surface area contributed by atoms with Gasteiger partial charge >= 0.3 is 0 Å². The number of hydrogen-bond donors (Lipinski definition) is 1. The van der Waals surface area contributed by atoms with Crippen LogP contribution in [-0.4, -0.2) is 23.7 Å². The predicted octanol–water partition coefficient (Wildman–Crippen LogP) is 3.30. The molecule has 0 fully saturated rings. The third-order valence-corrected chi connectivity index (χ3v) is 3.67. The molecule has 0 bridgehead atoms. The van der Waals surface area contributed by atoms with E-state index in [1.165, 1.54) is 0 Å². The van der Waals surface area contributed by atoms with Gasteiger partial charge in [-0.3, -0.25) is 0 Å². The minimum Gasteiger partial charge on any atom is -0.397 e. The zero-order valence-corrected chi connectivity index (χ0v) is 13.1. The minimum atomic E-state index is 0.407. The molecular weight excluding hydrogens is 364 g/mol. The van der Waals surface area contributed by atoms with Crippen LogP contribution in [0.4, 0.5) is 11.6 Å². The fourth-order valence-electron chi connectivity index (χ4n) is 1.38. The van der Waals surface area contributed by atoms with Gasteiger partial charge in [0, 0.05) is 22.5 Å². The number of benzene rings is 1. The summed E-state index contributed by atoms with van der Waals surface area (Å²) in [6.45, 7) is 2.82. The molecule has 0 spiro atoms. The van der Waals surface area contributed by atoms with Gasteiger partial charge in [-0.15, -0.1) is 0 Å². The number of nitrogens with zero attached hydrogens (tertiary/aromatic N) is 3. The quantitative estimate of drug-likeness (QED) is 0.833. The summed E-state index contributed by atoms with van der Waals surface area (Å²) in [6, 6.07) is 3.72. The first kappa shape index (κ1) is 13.4. The Morgan fingerprint density at radius 1 is 1.39 bits per heavy atom. The average molecular weight is 376 g/mol. The fourth-order valence-corrected chi connectivity index (χ4v) is 2.61. The van der Waals surface area contributed by atoms with Crippen molar-refractivity contribution in [1.82, 2.24) is 10.1 Å². The average Bonchev–Trinajstić information content (AvgIpc) is 2.82. The topological polar surface area (TPSA) is 68.2 Å². The summed E-state index contributed by atoms with van der Waals surface area (Å²) in [5, 5.41) is 3.92. The maximum Gasteiger partial charge on any atom is 0.266 e. The molecule has 5 nitrogen and oxygen atoms in total. The van der Waals surface area contributed by atoms with Gasteiger partial charge in [0.05, 0.1) is 11.3 Å². The molecular formula is C11H12Br2N4O. The number of halogens is 2. The molecule has 0 aliphatic rings. The van der Waals surface area contributed by atoms with Crippen LogP contribution in [0.2, 0.25) is 0 Å². The Morgan fingerprint density at radius 3 is 2.78 bits per heavy atom. The van der Waals surface area contributed by atoms with Gasteiger partial charge in [0.1, 0.15) is 0 Å². The van der Waals surface area contributed by atoms with Gasteiger partial charge in [-0.05, 0) is 40.1 Å². The molecule has 0 saturated carbocycles. The van der Waals surface area contributed by atoms with Crippen molar-refractivity contribution in [3.8, 4) is 11.5 Å². The fraction of sp³-hybridized carbons (Fsp3) is 0.273. The molecule has 2 N–H and O–H groups in total. The van der Waals surface area contributed by atoms with Gasteiger partial charge in [-0.25, -0.2) is 0 Å². The lowest BCUT2D eigenvalue weighted by molar-refractivity contribution is 0.430. The first-order valence-electron chi connectivity index (χ1n) is 5.32. The number of rotatable bonds is 3. The van der Waals surface area contributed by atoms with Gasteiger partial charge in [0.2, 0.25) is 0 Å². The van der Waals surface area contributed by atoms with Crippen LogP contribution in [0.25, 0.3) is 11.5 Å². The summed E-state index contributed by atoms with van der Waals surface area (Å²) in [5.41, 5.74) is 7.28. The molecule has 0 radical (unpaired) electrons. The number of nitrogen functional groups attached to an aromatic ring is 1. The van der Waals surface area contributed by atoms with E-state index in [1.54, 1.807) is 0 Å². The predicted molar refractivity (Wildman–Crippen MR) is 78.5 cm³/mol. The molecule has 18 heavy (non-hydrogen) atoms. The van der Waals surface area contributed by atoms with Gasteiger partial charge in [0.15, 0.2) is 0 Å². The van der Waals surface area contributed by atoms with E-state index in [2.05, 4.69) is 42.0 Å². The molecule has 96 valence electrons. The monoisotopic (exact) mass is 374 g/mol. The van der Waals surface area contributed by atoms with Crippen molar-refractivity contribution in [3.63, 3.8) is 0 Å². The van der Waals surface area contributed by atoms with Crippen molar-refractivity contribution < 1.29 is 4.52 Å². The molecule has 0 amide bonds. The highest BCUT2D eigenvalue weighted by atomic mass is 79.9. The highest BCUT2D eigenvalue weighted by Gasteiger charge is 2.15. The van der Waals surface area contributed by atoms with Crippen LogP contribution in [-0.2, 0) is 0 Å². The maximum atomic E-state index is 5.99. The van der Waals surface area contributed by atoms with E-state index in [0.29, 0.717) is 23.1 Å². The molecule has 2 aromatic rings. The van der Waals surface area contributed by atoms with E-state index < -0.39 is 0 Å². The van der Waals surface area contributed by atoms with Crippen LogP contribution in [0.5, 0.6) is 0 Å². The molecule has 1 aromatic carbocycles.